The highest BCUT2D eigenvalue weighted by Crippen LogP contribution is 2.55. The Balaban J connectivity index is 0.000000834. The van der Waals surface area contributed by atoms with E-state index in [1.54, 1.807) is 13.8 Å². The van der Waals surface area contributed by atoms with E-state index in [0.29, 0.717) is 52.3 Å². The minimum atomic E-state index is -0.100. The lowest BCUT2D eigenvalue weighted by Crippen LogP contribution is -2.30. The lowest BCUT2D eigenvalue weighted by molar-refractivity contribution is 1.03. The summed E-state index contributed by atoms with van der Waals surface area (Å²) in [5.41, 5.74) is 9.03. The van der Waals surface area contributed by atoms with Gasteiger partial charge in [-0.05, 0) is 46.9 Å². The molecule has 0 unspecified atom stereocenters. The zero-order valence-corrected chi connectivity index (χ0v) is 17.8. The Morgan fingerprint density at radius 3 is 1.16 bits per heavy atom. The Hall–Kier alpha value is -3.40. The topological polar surface area (TPSA) is 68.3 Å². The van der Waals surface area contributed by atoms with E-state index >= 15 is 0 Å². The van der Waals surface area contributed by atoms with Gasteiger partial charge in [-0.25, -0.2) is 0 Å². The minimum absolute atomic E-state index is 0.0201. The molecular weight excluding hydrogens is 388 g/mol. The van der Waals surface area contributed by atoms with Gasteiger partial charge in [-0.3, -0.25) is 19.2 Å². The minimum Gasteiger partial charge on any atom is -0.289 e. The van der Waals surface area contributed by atoms with Crippen molar-refractivity contribution in [1.82, 2.24) is 0 Å². The molecule has 0 aromatic heterocycles. The average Bonchev–Trinajstić information content (AvgIpc) is 3.12. The van der Waals surface area contributed by atoms with E-state index in [4.69, 9.17) is 0 Å². The molecule has 1 aromatic rings. The molecule has 4 heteroatoms. The van der Waals surface area contributed by atoms with Gasteiger partial charge in [-0.2, -0.15) is 0 Å². The molecule has 0 N–H and O–H groups in total. The number of benzene rings is 5. The molecule has 0 saturated carbocycles. The van der Waals surface area contributed by atoms with Crippen molar-refractivity contribution in [1.29, 1.82) is 0 Å². The SMILES string of the molecule is CC.Cc1c2c3c(c(=O)c4c5c-3c(c1=O)c1c3c5c(c(=O)c5c-3c(c(C)c1=O)C5)C4)C2. The second kappa shape index (κ2) is 4.91. The van der Waals surface area contributed by atoms with Gasteiger partial charge in [0, 0.05) is 74.5 Å². The summed E-state index contributed by atoms with van der Waals surface area (Å²) in [6.45, 7) is 7.60. The van der Waals surface area contributed by atoms with Crippen LogP contribution in [0, 0.1) is 13.8 Å². The average molecular weight is 406 g/mol. The maximum atomic E-state index is 13.5. The summed E-state index contributed by atoms with van der Waals surface area (Å²) in [5.74, 6) is 0. The Kier molecular flexibility index (Phi) is 2.74. The van der Waals surface area contributed by atoms with Crippen LogP contribution >= 0.6 is 0 Å². The third-order valence-corrected chi connectivity index (χ3v) is 8.01. The van der Waals surface area contributed by atoms with Crippen LogP contribution < -0.4 is 21.7 Å². The summed E-state index contributed by atoms with van der Waals surface area (Å²) in [5, 5.41) is 2.48. The van der Waals surface area contributed by atoms with Crippen molar-refractivity contribution >= 4 is 21.5 Å². The van der Waals surface area contributed by atoms with Crippen LogP contribution in [0.4, 0.5) is 0 Å². The van der Waals surface area contributed by atoms with Crippen molar-refractivity contribution in [2.24, 2.45) is 0 Å². The van der Waals surface area contributed by atoms with Gasteiger partial charge in [0.05, 0.1) is 0 Å². The second-order valence-electron chi connectivity index (χ2n) is 8.97. The number of hydrogen-bond acceptors (Lipinski definition) is 4. The zero-order chi connectivity index (χ0) is 21.7. The third-order valence-electron chi connectivity index (χ3n) is 8.01. The highest BCUT2D eigenvalue weighted by molar-refractivity contribution is 6.27. The first-order valence-corrected chi connectivity index (χ1v) is 10.9. The van der Waals surface area contributed by atoms with E-state index in [-0.39, 0.29) is 21.7 Å². The first-order valence-electron chi connectivity index (χ1n) is 10.9. The molecule has 1 aromatic carbocycles. The van der Waals surface area contributed by atoms with E-state index in [1.807, 2.05) is 13.8 Å². The normalized spacial score (nSPS) is 14.6. The first kappa shape index (κ1) is 17.3. The Morgan fingerprint density at radius 1 is 0.419 bits per heavy atom. The van der Waals surface area contributed by atoms with E-state index in [2.05, 4.69) is 0 Å². The van der Waals surface area contributed by atoms with Crippen LogP contribution in [0.2, 0.25) is 0 Å². The molecule has 0 heterocycles. The van der Waals surface area contributed by atoms with Crippen molar-refractivity contribution in [3.05, 3.63) is 85.4 Å². The molecule has 0 amide bonds. The lowest BCUT2D eigenvalue weighted by atomic mass is 9.68. The summed E-state index contributed by atoms with van der Waals surface area (Å²) in [6.07, 6.45) is 1.34. The van der Waals surface area contributed by atoms with E-state index < -0.39 is 0 Å². The lowest BCUT2D eigenvalue weighted by Gasteiger charge is -2.33. The molecule has 4 nitrogen and oxygen atoms in total. The van der Waals surface area contributed by atoms with Crippen molar-refractivity contribution < 1.29 is 0 Å². The van der Waals surface area contributed by atoms with Crippen molar-refractivity contribution in [3.8, 4) is 22.3 Å². The van der Waals surface area contributed by atoms with Crippen molar-refractivity contribution in [2.75, 3.05) is 0 Å². The smallest absolute Gasteiger partial charge is 0.190 e. The highest BCUT2D eigenvalue weighted by Gasteiger charge is 2.43. The molecule has 150 valence electrons. The molecular formula is C27H18O4. The van der Waals surface area contributed by atoms with Crippen LogP contribution in [0.3, 0.4) is 0 Å². The molecule has 7 aliphatic carbocycles. The van der Waals surface area contributed by atoms with Crippen LogP contribution in [0.5, 0.6) is 0 Å². The Labute approximate surface area is 176 Å². The number of rotatable bonds is 0. The predicted octanol–water partition coefficient (Wildman–Crippen LogP) is 3.31. The van der Waals surface area contributed by atoms with Crippen molar-refractivity contribution in [2.45, 2.75) is 47.0 Å². The van der Waals surface area contributed by atoms with E-state index in [1.165, 1.54) is 0 Å². The fourth-order valence-corrected chi connectivity index (χ4v) is 6.55. The molecule has 0 spiro atoms. The zero-order valence-electron chi connectivity index (χ0n) is 17.8. The molecule has 0 radical (unpaired) electrons. The number of hydrogen-bond donors (Lipinski definition) is 0. The summed E-state index contributed by atoms with van der Waals surface area (Å²) in [6, 6.07) is 0. The summed E-state index contributed by atoms with van der Waals surface area (Å²) in [7, 11) is 0. The Bertz CT molecular complexity index is 1730. The van der Waals surface area contributed by atoms with Crippen LogP contribution in [0.25, 0.3) is 43.8 Å². The van der Waals surface area contributed by atoms with Crippen LogP contribution in [-0.4, -0.2) is 0 Å². The maximum absolute atomic E-state index is 13.5. The highest BCUT2D eigenvalue weighted by atomic mass is 16.1. The van der Waals surface area contributed by atoms with Gasteiger partial charge < -0.3 is 0 Å². The van der Waals surface area contributed by atoms with E-state index in [9.17, 15) is 19.2 Å². The fourth-order valence-electron chi connectivity index (χ4n) is 6.55. The number of fused-ring (bicyclic) bond motifs is 1. The molecule has 8 rings (SSSR count). The summed E-state index contributed by atoms with van der Waals surface area (Å²) >= 11 is 0. The molecule has 0 fully saturated rings. The monoisotopic (exact) mass is 406 g/mol. The summed E-state index contributed by atoms with van der Waals surface area (Å²) in [4.78, 5) is 53.4. The fraction of sp³-hybridized carbons (Fsp3) is 0.259. The summed E-state index contributed by atoms with van der Waals surface area (Å²) < 4.78 is 0. The van der Waals surface area contributed by atoms with Crippen molar-refractivity contribution in [3.63, 3.8) is 0 Å². The van der Waals surface area contributed by atoms with Crippen LogP contribution in [0.15, 0.2) is 19.2 Å². The van der Waals surface area contributed by atoms with Gasteiger partial charge in [-0.15, -0.1) is 0 Å². The van der Waals surface area contributed by atoms with Gasteiger partial charge >= 0.3 is 0 Å². The quantitative estimate of drug-likeness (QED) is 0.286. The second-order valence-corrected chi connectivity index (χ2v) is 8.97. The van der Waals surface area contributed by atoms with Gasteiger partial charge in [0.1, 0.15) is 0 Å². The predicted molar refractivity (Wildman–Crippen MR) is 123 cm³/mol. The molecule has 0 atom stereocenters. The van der Waals surface area contributed by atoms with Gasteiger partial charge in [0.15, 0.2) is 21.7 Å². The van der Waals surface area contributed by atoms with Crippen LogP contribution in [-0.2, 0) is 19.3 Å². The molecule has 7 aliphatic rings. The molecule has 0 aliphatic heterocycles. The van der Waals surface area contributed by atoms with Gasteiger partial charge in [-0.1, -0.05) is 13.8 Å². The van der Waals surface area contributed by atoms with Crippen LogP contribution in [0.1, 0.15) is 58.4 Å². The maximum Gasteiger partial charge on any atom is 0.190 e. The molecule has 0 saturated heterocycles. The molecule has 0 bridgehead atoms. The third kappa shape index (κ3) is 1.47. The van der Waals surface area contributed by atoms with Gasteiger partial charge in [0.2, 0.25) is 0 Å². The largest absolute Gasteiger partial charge is 0.289 e. The Morgan fingerprint density at radius 2 is 0.774 bits per heavy atom. The molecule has 31 heavy (non-hydrogen) atoms. The standard InChI is InChI=1S/C25H12O4.C2H6/c1-6-8-3-10-14(8)18-16-12(24(10)28)5-13-17(16)19-15-9(4-11(15)25(13)29)7(2)23(27)21(19)20(18)22(6)26;1-2/h3-5H2,1-2H3;1-2H3. The first-order chi connectivity index (χ1) is 14.9. The van der Waals surface area contributed by atoms with Gasteiger partial charge in [0.25, 0.3) is 0 Å². The van der Waals surface area contributed by atoms with E-state index in [0.717, 1.165) is 55.3 Å².